The van der Waals surface area contributed by atoms with Gasteiger partial charge in [-0.2, -0.15) is 0 Å². The molecule has 1 saturated carbocycles. The number of benzene rings is 1. The summed E-state index contributed by atoms with van der Waals surface area (Å²) in [5, 5.41) is 3.27. The molecule has 1 fully saturated rings. The fourth-order valence-corrected chi connectivity index (χ4v) is 3.36. The lowest BCUT2D eigenvalue weighted by atomic mass is 9.78. The Morgan fingerprint density at radius 1 is 1.24 bits per heavy atom. The SMILES string of the molecule is CC(C)C1CCCCC1NC(=O)CCc1ccc(N)cc1. The molecule has 2 unspecified atom stereocenters. The van der Waals surface area contributed by atoms with Crippen LogP contribution in [0.4, 0.5) is 5.69 Å². The number of nitrogen functional groups attached to an aromatic ring is 1. The third kappa shape index (κ3) is 4.76. The highest BCUT2D eigenvalue weighted by Gasteiger charge is 2.28. The highest BCUT2D eigenvalue weighted by Crippen LogP contribution is 2.30. The third-order valence-corrected chi connectivity index (χ3v) is 4.64. The third-order valence-electron chi connectivity index (χ3n) is 4.64. The predicted molar refractivity (Wildman–Crippen MR) is 87.9 cm³/mol. The maximum Gasteiger partial charge on any atom is 0.220 e. The molecule has 1 aliphatic carbocycles. The van der Waals surface area contributed by atoms with Crippen LogP contribution in [0.1, 0.15) is 51.5 Å². The first-order chi connectivity index (χ1) is 10.1. The Bertz CT molecular complexity index is 453. The number of hydrogen-bond donors (Lipinski definition) is 2. The number of aryl methyl sites for hydroxylation is 1. The molecule has 0 spiro atoms. The summed E-state index contributed by atoms with van der Waals surface area (Å²) in [6.07, 6.45) is 6.28. The van der Waals surface area contributed by atoms with Crippen LogP contribution in [0.3, 0.4) is 0 Å². The molecule has 0 aliphatic heterocycles. The molecule has 0 bridgehead atoms. The van der Waals surface area contributed by atoms with Crippen LogP contribution in [-0.4, -0.2) is 11.9 Å². The smallest absolute Gasteiger partial charge is 0.220 e. The van der Waals surface area contributed by atoms with Gasteiger partial charge in [0.05, 0.1) is 0 Å². The zero-order valence-electron chi connectivity index (χ0n) is 13.3. The summed E-state index contributed by atoms with van der Waals surface area (Å²) in [5.41, 5.74) is 7.61. The molecule has 3 nitrogen and oxygen atoms in total. The summed E-state index contributed by atoms with van der Waals surface area (Å²) in [5.74, 6) is 1.47. The van der Waals surface area contributed by atoms with Gasteiger partial charge < -0.3 is 11.1 Å². The second-order valence-corrected chi connectivity index (χ2v) is 6.61. The number of rotatable bonds is 5. The standard InChI is InChI=1S/C18H28N2O/c1-13(2)16-5-3-4-6-17(16)20-18(21)12-9-14-7-10-15(19)11-8-14/h7-8,10-11,13,16-17H,3-6,9,12,19H2,1-2H3,(H,20,21). The van der Waals surface area contributed by atoms with Crippen LogP contribution < -0.4 is 11.1 Å². The van der Waals surface area contributed by atoms with Crippen molar-refractivity contribution >= 4 is 11.6 Å². The summed E-state index contributed by atoms with van der Waals surface area (Å²) < 4.78 is 0. The van der Waals surface area contributed by atoms with Crippen LogP contribution in [-0.2, 0) is 11.2 Å². The molecule has 1 amide bonds. The van der Waals surface area contributed by atoms with Gasteiger partial charge in [-0.15, -0.1) is 0 Å². The molecular formula is C18H28N2O. The van der Waals surface area contributed by atoms with E-state index < -0.39 is 0 Å². The lowest BCUT2D eigenvalue weighted by molar-refractivity contribution is -0.122. The van der Waals surface area contributed by atoms with Gasteiger partial charge in [0.2, 0.25) is 5.91 Å². The maximum absolute atomic E-state index is 12.2. The summed E-state index contributed by atoms with van der Waals surface area (Å²) in [6, 6.07) is 8.16. The zero-order chi connectivity index (χ0) is 15.2. The summed E-state index contributed by atoms with van der Waals surface area (Å²) in [4.78, 5) is 12.2. The Labute approximate surface area is 128 Å². The van der Waals surface area contributed by atoms with Gasteiger partial charge in [0.1, 0.15) is 0 Å². The lowest BCUT2D eigenvalue weighted by Crippen LogP contribution is -2.44. The van der Waals surface area contributed by atoms with Crippen LogP contribution in [0.2, 0.25) is 0 Å². The Morgan fingerprint density at radius 3 is 2.57 bits per heavy atom. The van der Waals surface area contributed by atoms with E-state index in [2.05, 4.69) is 19.2 Å². The van der Waals surface area contributed by atoms with E-state index in [9.17, 15) is 4.79 Å². The number of anilines is 1. The first kappa shape index (κ1) is 15.9. The molecule has 2 atom stereocenters. The minimum Gasteiger partial charge on any atom is -0.399 e. The molecule has 3 N–H and O–H groups in total. The van der Waals surface area contributed by atoms with Gasteiger partial charge >= 0.3 is 0 Å². The maximum atomic E-state index is 12.2. The van der Waals surface area contributed by atoms with Gasteiger partial charge in [-0.1, -0.05) is 38.8 Å². The second kappa shape index (κ2) is 7.48. The Hall–Kier alpha value is -1.51. The summed E-state index contributed by atoms with van der Waals surface area (Å²) in [6.45, 7) is 4.53. The van der Waals surface area contributed by atoms with E-state index in [1.165, 1.54) is 24.8 Å². The van der Waals surface area contributed by atoms with E-state index in [4.69, 9.17) is 5.73 Å². The first-order valence-electron chi connectivity index (χ1n) is 8.20. The van der Waals surface area contributed by atoms with Crippen molar-refractivity contribution in [3.8, 4) is 0 Å². The molecule has 1 aromatic carbocycles. The van der Waals surface area contributed by atoms with Crippen molar-refractivity contribution in [1.29, 1.82) is 0 Å². The van der Waals surface area contributed by atoms with Crippen LogP contribution in [0.15, 0.2) is 24.3 Å². The Kier molecular flexibility index (Phi) is 5.66. The minimum atomic E-state index is 0.185. The number of amides is 1. The van der Waals surface area contributed by atoms with Crippen molar-refractivity contribution < 1.29 is 4.79 Å². The van der Waals surface area contributed by atoms with Crippen molar-refractivity contribution in [1.82, 2.24) is 5.32 Å². The second-order valence-electron chi connectivity index (χ2n) is 6.61. The number of nitrogens with two attached hydrogens (primary N) is 1. The topological polar surface area (TPSA) is 55.1 Å². The van der Waals surface area contributed by atoms with Gasteiger partial charge in [-0.3, -0.25) is 4.79 Å². The fraction of sp³-hybridized carbons (Fsp3) is 0.611. The number of carbonyl (C=O) groups is 1. The van der Waals surface area contributed by atoms with E-state index in [0.717, 1.165) is 18.5 Å². The largest absolute Gasteiger partial charge is 0.399 e. The molecule has 21 heavy (non-hydrogen) atoms. The predicted octanol–water partition coefficient (Wildman–Crippen LogP) is 3.53. The van der Waals surface area contributed by atoms with Gasteiger partial charge in [0.15, 0.2) is 0 Å². The average molecular weight is 288 g/mol. The molecule has 1 aliphatic rings. The van der Waals surface area contributed by atoms with Crippen LogP contribution in [0.5, 0.6) is 0 Å². The Balaban J connectivity index is 1.81. The Morgan fingerprint density at radius 2 is 1.90 bits per heavy atom. The van der Waals surface area contributed by atoms with E-state index in [-0.39, 0.29) is 5.91 Å². The minimum absolute atomic E-state index is 0.185. The molecule has 116 valence electrons. The summed E-state index contributed by atoms with van der Waals surface area (Å²) in [7, 11) is 0. The summed E-state index contributed by atoms with van der Waals surface area (Å²) >= 11 is 0. The number of carbonyl (C=O) groups excluding carboxylic acids is 1. The molecule has 2 rings (SSSR count). The molecule has 0 radical (unpaired) electrons. The van der Waals surface area contributed by atoms with Crippen molar-refractivity contribution in [3.63, 3.8) is 0 Å². The average Bonchev–Trinajstić information content (AvgIpc) is 2.47. The monoisotopic (exact) mass is 288 g/mol. The highest BCUT2D eigenvalue weighted by molar-refractivity contribution is 5.76. The molecule has 0 aromatic heterocycles. The fourth-order valence-electron chi connectivity index (χ4n) is 3.36. The van der Waals surface area contributed by atoms with E-state index in [0.29, 0.717) is 24.3 Å². The highest BCUT2D eigenvalue weighted by atomic mass is 16.1. The van der Waals surface area contributed by atoms with E-state index in [1.807, 2.05) is 24.3 Å². The quantitative estimate of drug-likeness (QED) is 0.814. The van der Waals surface area contributed by atoms with Crippen molar-refractivity contribution in [2.45, 2.75) is 58.4 Å². The van der Waals surface area contributed by atoms with Crippen molar-refractivity contribution in [3.05, 3.63) is 29.8 Å². The van der Waals surface area contributed by atoms with Crippen LogP contribution in [0.25, 0.3) is 0 Å². The van der Waals surface area contributed by atoms with E-state index >= 15 is 0 Å². The van der Waals surface area contributed by atoms with Gasteiger partial charge in [0, 0.05) is 18.2 Å². The number of nitrogens with one attached hydrogen (secondary N) is 1. The molecule has 0 heterocycles. The van der Waals surface area contributed by atoms with Crippen molar-refractivity contribution in [2.24, 2.45) is 11.8 Å². The first-order valence-corrected chi connectivity index (χ1v) is 8.20. The van der Waals surface area contributed by atoms with Gasteiger partial charge in [0.25, 0.3) is 0 Å². The van der Waals surface area contributed by atoms with Gasteiger partial charge in [-0.05, 0) is 48.8 Å². The van der Waals surface area contributed by atoms with Gasteiger partial charge in [-0.25, -0.2) is 0 Å². The molecule has 3 heteroatoms. The molecule has 0 saturated heterocycles. The lowest BCUT2D eigenvalue weighted by Gasteiger charge is -2.35. The zero-order valence-corrected chi connectivity index (χ0v) is 13.3. The van der Waals surface area contributed by atoms with E-state index in [1.54, 1.807) is 0 Å². The van der Waals surface area contributed by atoms with Crippen LogP contribution >= 0.6 is 0 Å². The number of hydrogen-bond acceptors (Lipinski definition) is 2. The molecular weight excluding hydrogens is 260 g/mol. The van der Waals surface area contributed by atoms with Crippen molar-refractivity contribution in [2.75, 3.05) is 5.73 Å². The van der Waals surface area contributed by atoms with Crippen LogP contribution in [0, 0.1) is 11.8 Å². The molecule has 1 aromatic rings. The normalized spacial score (nSPS) is 22.2.